The molecule has 3 aliphatic rings. The summed E-state index contributed by atoms with van der Waals surface area (Å²) in [5, 5.41) is 27.2. The van der Waals surface area contributed by atoms with Crippen molar-refractivity contribution in [3.8, 4) is 11.4 Å². The number of nitrogens with one attached hydrogen (secondary N) is 6. The topological polar surface area (TPSA) is 265 Å². The van der Waals surface area contributed by atoms with E-state index in [1.165, 1.54) is 17.0 Å². The zero-order chi connectivity index (χ0) is 49.0. The molecule has 19 nitrogen and oxygen atoms in total. The zero-order valence-electron chi connectivity index (χ0n) is 38.2. The Morgan fingerprint density at radius 3 is 2.37 bits per heavy atom. The minimum absolute atomic E-state index is 0. The summed E-state index contributed by atoms with van der Waals surface area (Å²) in [4.78, 5) is 106. The zero-order valence-corrected chi connectivity index (χ0v) is 41.0. The molecule has 3 atom stereocenters. The summed E-state index contributed by atoms with van der Waals surface area (Å²) in [5.74, 6) is -3.71. The minimum Gasteiger partial charge on any atom is -0.522 e. The Morgan fingerprint density at radius 1 is 0.929 bits per heavy atom. The van der Waals surface area contributed by atoms with E-state index in [0.717, 1.165) is 11.1 Å². The number of halogens is 1. The van der Waals surface area contributed by atoms with Crippen molar-refractivity contribution >= 4 is 53.0 Å². The summed E-state index contributed by atoms with van der Waals surface area (Å²) in [6, 6.07) is 17.1. The number of amides is 6. The molecule has 0 bridgehead atoms. The fourth-order valence-electron chi connectivity index (χ4n) is 9.00. The number of hydrogen-bond acceptors (Lipinski definition) is 12. The van der Waals surface area contributed by atoms with Gasteiger partial charge in [0.1, 0.15) is 25.1 Å². The maximum absolute atomic E-state index is 15.4. The predicted molar refractivity (Wildman–Crippen MR) is 244 cm³/mol. The van der Waals surface area contributed by atoms with Gasteiger partial charge in [-0.15, -0.1) is 0 Å². The maximum Gasteiger partial charge on any atom is 0.407 e. The van der Waals surface area contributed by atoms with Crippen LogP contribution in [0, 0.1) is 12.7 Å². The number of alkyl carbamates (subject to hydrolysis) is 1. The van der Waals surface area contributed by atoms with Crippen LogP contribution in [0.1, 0.15) is 75.9 Å². The molecule has 70 heavy (non-hydrogen) atoms. The number of cyclic esters (lactones) is 1. The number of aryl methyl sites for hydroxylation is 1. The second kappa shape index (κ2) is 21.8. The van der Waals surface area contributed by atoms with Gasteiger partial charge in [0.05, 0.1) is 54.7 Å². The molecule has 1 radical (unpaired) electrons. The second-order valence-electron chi connectivity index (χ2n) is 17.0. The van der Waals surface area contributed by atoms with Gasteiger partial charge in [-0.05, 0) is 65.6 Å². The number of pyridine rings is 2. The molecular weight excluding hydrogens is 984 g/mol. The van der Waals surface area contributed by atoms with Crippen LogP contribution in [0.25, 0.3) is 22.3 Å². The van der Waals surface area contributed by atoms with Gasteiger partial charge in [-0.2, -0.15) is 6.41 Å². The third kappa shape index (κ3) is 10.6. The van der Waals surface area contributed by atoms with Gasteiger partial charge < -0.3 is 55.8 Å². The Balaban J connectivity index is 0.00000722. The van der Waals surface area contributed by atoms with Gasteiger partial charge in [-0.3, -0.25) is 24.0 Å². The number of benzene rings is 3. The van der Waals surface area contributed by atoms with Crippen molar-refractivity contribution in [3.63, 3.8) is 0 Å². The summed E-state index contributed by atoms with van der Waals surface area (Å²) in [6.07, 6.45) is 1.55. The van der Waals surface area contributed by atoms with Crippen molar-refractivity contribution in [3.05, 3.63) is 133 Å². The number of esters is 1. The molecule has 7 N–H and O–H groups in total. The SMILES string of the molecule is CC[C@@]1(O)C(=O)OCc2c1cc1n(c2=O)Cc2c-1nc1cc(F)c(C)c3c1c2[C@@H](NC(=O)OCc1ccc(CNC(=O)CNC(=O)[C@H](Cc2ccccc2)NC(=O)CNC(=O)CN[C-]=O)cc1)CC3.[Y]. The molecule has 2 aliphatic heterocycles. The van der Waals surface area contributed by atoms with Crippen molar-refractivity contribution in [2.45, 2.75) is 83.5 Å². The standard InChI is InChI=1S/C49H48FN8O11.Y/c1-3-49(67)33-16-38-44-31(22-58(38)46(64)32(33)24-68-47(49)65)43-35(14-13-30-26(2)34(50)17-36(56-44)42(30)43)57-48(66)69-23-29-11-9-28(10-12-29)18-52-40(61)20-54-45(63)37(15-27-7-5-4-6-8-27)55-41(62)21-53-39(60)19-51-25-59;/h4-12,16-17,35,37,67H,3,13-15,18-24H2,1-2H3,(H,51,59)(H,52,61)(H,53,60)(H,54,63)(H,55,62)(H,57,66);/q-1;/t35-,37-,49-;/m0./s1. The van der Waals surface area contributed by atoms with Crippen LogP contribution in [0.15, 0.2) is 71.5 Å². The van der Waals surface area contributed by atoms with Crippen LogP contribution in [0.2, 0.25) is 0 Å². The average Bonchev–Trinajstić information content (AvgIpc) is 3.72. The van der Waals surface area contributed by atoms with E-state index in [1.807, 2.05) is 0 Å². The molecule has 0 saturated carbocycles. The number of carbonyl (C=O) groups excluding carboxylic acids is 7. The van der Waals surface area contributed by atoms with E-state index in [1.54, 1.807) is 74.5 Å². The first-order valence-electron chi connectivity index (χ1n) is 22.3. The van der Waals surface area contributed by atoms with Crippen molar-refractivity contribution in [2.24, 2.45) is 0 Å². The summed E-state index contributed by atoms with van der Waals surface area (Å²) >= 11 is 0. The number of aliphatic hydroxyl groups is 1. The van der Waals surface area contributed by atoms with E-state index in [9.17, 15) is 43.5 Å². The quantitative estimate of drug-likeness (QED) is 0.0391. The van der Waals surface area contributed by atoms with Gasteiger partial charge in [0, 0.05) is 68.3 Å². The number of ether oxygens (including phenoxy) is 2. The number of hydrogen-bond donors (Lipinski definition) is 7. The Labute approximate surface area is 424 Å². The van der Waals surface area contributed by atoms with Crippen molar-refractivity contribution in [1.82, 2.24) is 41.5 Å². The van der Waals surface area contributed by atoms with Crippen molar-refractivity contribution < 1.29 is 85.2 Å². The van der Waals surface area contributed by atoms with Gasteiger partial charge in [0.25, 0.3) is 5.56 Å². The van der Waals surface area contributed by atoms with Crippen molar-refractivity contribution in [2.75, 3.05) is 19.6 Å². The first kappa shape index (κ1) is 51.0. The molecule has 4 heterocycles. The Hall–Kier alpha value is -6.90. The largest absolute Gasteiger partial charge is 0.522 e. The number of nitrogens with zero attached hydrogens (tertiary/aromatic N) is 2. The summed E-state index contributed by atoms with van der Waals surface area (Å²) in [5.41, 5.74) is 3.57. The number of aromatic nitrogens is 2. The average molecular weight is 1030 g/mol. The fourth-order valence-corrected chi connectivity index (χ4v) is 9.00. The van der Waals surface area contributed by atoms with E-state index in [2.05, 4.69) is 31.9 Å². The molecule has 3 aromatic carbocycles. The van der Waals surface area contributed by atoms with Crippen LogP contribution in [0.3, 0.4) is 0 Å². The van der Waals surface area contributed by atoms with E-state index in [4.69, 9.17) is 14.5 Å². The summed E-state index contributed by atoms with van der Waals surface area (Å²) in [6.45, 7) is 1.89. The first-order chi connectivity index (χ1) is 33.2. The van der Waals surface area contributed by atoms with Crippen LogP contribution in [0.5, 0.6) is 0 Å². The van der Waals surface area contributed by atoms with Gasteiger partial charge in [-0.1, -0.05) is 61.5 Å². The molecule has 0 fully saturated rings. The van der Waals surface area contributed by atoms with E-state index in [-0.39, 0.29) is 89.5 Å². The molecule has 2 aromatic heterocycles. The van der Waals surface area contributed by atoms with Gasteiger partial charge >= 0.3 is 12.1 Å². The van der Waals surface area contributed by atoms with E-state index in [0.29, 0.717) is 62.9 Å². The van der Waals surface area contributed by atoms with Crippen LogP contribution < -0.4 is 37.5 Å². The van der Waals surface area contributed by atoms with E-state index >= 15 is 4.39 Å². The fraction of sp³-hybridized carbons (Fsp3) is 0.327. The molecule has 1 aliphatic carbocycles. The second-order valence-corrected chi connectivity index (χ2v) is 17.0. The molecule has 8 rings (SSSR count). The Bertz CT molecular complexity index is 2970. The normalized spacial score (nSPS) is 16.5. The third-order valence-corrected chi connectivity index (χ3v) is 12.7. The molecular formula is C49H48FN8O11Y-. The number of carbonyl (C=O) groups is 6. The minimum atomic E-state index is -2.03. The number of rotatable bonds is 17. The molecule has 21 heteroatoms. The number of fused-ring (bicyclic) bond motifs is 5. The van der Waals surface area contributed by atoms with Crippen molar-refractivity contribution in [1.29, 1.82) is 0 Å². The molecule has 6 amide bonds. The Kier molecular flexibility index (Phi) is 15.9. The summed E-state index contributed by atoms with van der Waals surface area (Å²) in [7, 11) is 0. The molecule has 0 saturated heterocycles. The van der Waals surface area contributed by atoms with Crippen LogP contribution in [-0.2, 0) is 116 Å². The van der Waals surface area contributed by atoms with Crippen LogP contribution in [0.4, 0.5) is 9.18 Å². The van der Waals surface area contributed by atoms with Crippen LogP contribution in [-0.4, -0.2) is 82.4 Å². The van der Waals surface area contributed by atoms with E-state index < -0.39 is 77.8 Å². The maximum atomic E-state index is 15.4. The molecule has 5 aromatic rings. The van der Waals surface area contributed by atoms with Gasteiger partial charge in [-0.25, -0.2) is 19.0 Å². The molecule has 0 unspecified atom stereocenters. The smallest absolute Gasteiger partial charge is 0.407 e. The van der Waals surface area contributed by atoms with Gasteiger partial charge in [0.15, 0.2) is 5.60 Å². The molecule has 361 valence electrons. The predicted octanol–water partition coefficient (Wildman–Crippen LogP) is 1.67. The molecule has 0 spiro atoms. The first-order valence-corrected chi connectivity index (χ1v) is 22.3. The Morgan fingerprint density at radius 2 is 1.64 bits per heavy atom. The monoisotopic (exact) mass is 1030 g/mol. The summed E-state index contributed by atoms with van der Waals surface area (Å²) < 4.78 is 27.7. The van der Waals surface area contributed by atoms with Crippen LogP contribution >= 0.6 is 0 Å². The third-order valence-electron chi connectivity index (χ3n) is 12.7. The van der Waals surface area contributed by atoms with Gasteiger partial charge in [0.2, 0.25) is 23.6 Å².